The topological polar surface area (TPSA) is 64.6 Å². The van der Waals surface area contributed by atoms with E-state index in [0.717, 1.165) is 42.7 Å². The van der Waals surface area contributed by atoms with Crippen molar-refractivity contribution < 1.29 is 19.1 Å². The number of rotatable bonds is 5. The van der Waals surface area contributed by atoms with E-state index in [0.29, 0.717) is 12.2 Å². The lowest BCUT2D eigenvalue weighted by Gasteiger charge is -2.23. The fourth-order valence-electron chi connectivity index (χ4n) is 3.53. The summed E-state index contributed by atoms with van der Waals surface area (Å²) in [5, 5.41) is 2.93. The smallest absolute Gasteiger partial charge is 0.309 e. The molecule has 2 aromatic rings. The highest BCUT2D eigenvalue weighted by molar-refractivity contribution is 5.94. The summed E-state index contributed by atoms with van der Waals surface area (Å²) in [5.41, 5.74) is 3.13. The van der Waals surface area contributed by atoms with Crippen LogP contribution in [0.3, 0.4) is 0 Å². The average molecular weight is 365 g/mol. The summed E-state index contributed by atoms with van der Waals surface area (Å²) in [6.07, 6.45) is 4.32. The minimum atomic E-state index is -0.147. The first-order chi connectivity index (χ1) is 13.1. The highest BCUT2D eigenvalue weighted by atomic mass is 16.5. The number of esters is 1. The second-order valence-corrected chi connectivity index (χ2v) is 7.29. The zero-order chi connectivity index (χ0) is 18.8. The number of fused-ring (bicyclic) bond motifs is 1. The van der Waals surface area contributed by atoms with Crippen molar-refractivity contribution in [3.05, 3.63) is 53.6 Å². The van der Waals surface area contributed by atoms with Crippen LogP contribution in [0.4, 0.5) is 5.69 Å². The van der Waals surface area contributed by atoms with E-state index >= 15 is 0 Å². The largest absolute Gasteiger partial charge is 0.469 e. The number of ether oxygens (including phenoxy) is 2. The number of hydrogen-bond acceptors (Lipinski definition) is 4. The minimum absolute atomic E-state index is 0.0785. The second-order valence-electron chi connectivity index (χ2n) is 7.29. The Balaban J connectivity index is 1.47. The van der Waals surface area contributed by atoms with Gasteiger partial charge in [0.2, 0.25) is 5.91 Å². The van der Waals surface area contributed by atoms with Gasteiger partial charge in [0.15, 0.2) is 0 Å². The van der Waals surface area contributed by atoms with Gasteiger partial charge in [-0.05, 0) is 67.5 Å². The van der Waals surface area contributed by atoms with Crippen molar-refractivity contribution in [2.24, 2.45) is 11.8 Å². The van der Waals surface area contributed by atoms with Gasteiger partial charge in [-0.15, -0.1) is 0 Å². The van der Waals surface area contributed by atoms with E-state index in [-0.39, 0.29) is 23.7 Å². The standard InChI is InChI=1S/C22H23NO4/c1-26-22(25)16-8-5-14-9-10-20(12-17(14)11-16)27-19-4-2-3-18(13-19)23-21(24)15-6-7-15/h2-4,9-10,12-13,15-16H,5-8,11H2,1H3,(H,23,24). The Morgan fingerprint density at radius 3 is 2.56 bits per heavy atom. The second kappa shape index (κ2) is 7.43. The zero-order valence-electron chi connectivity index (χ0n) is 15.4. The molecule has 0 bridgehead atoms. The molecule has 5 nitrogen and oxygen atoms in total. The molecule has 140 valence electrons. The number of nitrogens with one attached hydrogen (secondary N) is 1. The van der Waals surface area contributed by atoms with Crippen LogP contribution >= 0.6 is 0 Å². The highest BCUT2D eigenvalue weighted by Crippen LogP contribution is 2.33. The first kappa shape index (κ1) is 17.6. The average Bonchev–Trinajstić information content (AvgIpc) is 3.52. The highest BCUT2D eigenvalue weighted by Gasteiger charge is 2.29. The molecule has 1 fully saturated rings. The van der Waals surface area contributed by atoms with E-state index < -0.39 is 0 Å². The van der Waals surface area contributed by atoms with Crippen molar-refractivity contribution in [1.82, 2.24) is 0 Å². The molecule has 0 heterocycles. The summed E-state index contributed by atoms with van der Waals surface area (Å²) in [6, 6.07) is 13.4. The third kappa shape index (κ3) is 4.13. The van der Waals surface area contributed by atoms with Crippen molar-refractivity contribution in [3.63, 3.8) is 0 Å². The maximum absolute atomic E-state index is 11.9. The van der Waals surface area contributed by atoms with Crippen molar-refractivity contribution in [2.75, 3.05) is 12.4 Å². The maximum atomic E-state index is 11.9. The summed E-state index contributed by atoms with van der Waals surface area (Å²) in [6.45, 7) is 0. The van der Waals surface area contributed by atoms with E-state index in [2.05, 4.69) is 11.4 Å². The maximum Gasteiger partial charge on any atom is 0.309 e. The van der Waals surface area contributed by atoms with Crippen LogP contribution in [0.2, 0.25) is 0 Å². The molecule has 2 aliphatic carbocycles. The van der Waals surface area contributed by atoms with Gasteiger partial charge < -0.3 is 14.8 Å². The van der Waals surface area contributed by atoms with Crippen LogP contribution in [0.25, 0.3) is 0 Å². The molecule has 1 amide bonds. The van der Waals surface area contributed by atoms with E-state index in [4.69, 9.17) is 9.47 Å². The molecule has 1 unspecified atom stereocenters. The lowest BCUT2D eigenvalue weighted by atomic mass is 9.84. The Kier molecular flexibility index (Phi) is 4.84. The molecular weight excluding hydrogens is 342 g/mol. The summed E-state index contributed by atoms with van der Waals surface area (Å²) in [5.74, 6) is 1.41. The van der Waals surface area contributed by atoms with Crippen molar-refractivity contribution in [2.45, 2.75) is 32.1 Å². The Labute approximate surface area is 158 Å². The molecule has 27 heavy (non-hydrogen) atoms. The van der Waals surface area contributed by atoms with Gasteiger partial charge in [0.1, 0.15) is 11.5 Å². The lowest BCUT2D eigenvalue weighted by Crippen LogP contribution is -2.23. The van der Waals surface area contributed by atoms with Crippen molar-refractivity contribution in [3.8, 4) is 11.5 Å². The lowest BCUT2D eigenvalue weighted by molar-refractivity contribution is -0.145. The summed E-state index contributed by atoms with van der Waals surface area (Å²) in [4.78, 5) is 23.8. The molecule has 1 atom stereocenters. The Morgan fingerprint density at radius 2 is 1.78 bits per heavy atom. The SMILES string of the molecule is COC(=O)C1CCc2ccc(Oc3cccc(NC(=O)C4CC4)c3)cc2C1. The molecule has 5 heteroatoms. The number of carbonyl (C=O) groups excluding carboxylic acids is 2. The number of aryl methyl sites for hydroxylation is 1. The number of anilines is 1. The van der Waals surface area contributed by atoms with Gasteiger partial charge in [0.25, 0.3) is 0 Å². The molecule has 1 N–H and O–H groups in total. The molecule has 2 aliphatic rings. The number of amides is 1. The molecule has 0 radical (unpaired) electrons. The van der Waals surface area contributed by atoms with E-state index in [1.165, 1.54) is 12.7 Å². The van der Waals surface area contributed by atoms with Crippen LogP contribution in [-0.4, -0.2) is 19.0 Å². The third-order valence-corrected chi connectivity index (χ3v) is 5.23. The summed E-state index contributed by atoms with van der Waals surface area (Å²) >= 11 is 0. The fraction of sp³-hybridized carbons (Fsp3) is 0.364. The molecule has 0 aromatic heterocycles. The Bertz CT molecular complexity index is 872. The summed E-state index contributed by atoms with van der Waals surface area (Å²) < 4.78 is 10.9. The van der Waals surface area contributed by atoms with Gasteiger partial charge in [-0.25, -0.2) is 0 Å². The van der Waals surface area contributed by atoms with Crippen LogP contribution in [0, 0.1) is 11.8 Å². The molecule has 0 aliphatic heterocycles. The van der Waals surface area contributed by atoms with Crippen molar-refractivity contribution in [1.29, 1.82) is 0 Å². The van der Waals surface area contributed by atoms with Gasteiger partial charge >= 0.3 is 5.97 Å². The van der Waals surface area contributed by atoms with Gasteiger partial charge in [0.05, 0.1) is 13.0 Å². The molecule has 0 saturated heterocycles. The summed E-state index contributed by atoms with van der Waals surface area (Å²) in [7, 11) is 1.44. The van der Waals surface area contributed by atoms with Crippen LogP contribution < -0.4 is 10.1 Å². The van der Waals surface area contributed by atoms with Gasteiger partial charge in [-0.3, -0.25) is 9.59 Å². The molecule has 2 aromatic carbocycles. The van der Waals surface area contributed by atoms with Crippen LogP contribution in [0.1, 0.15) is 30.4 Å². The van der Waals surface area contributed by atoms with E-state index in [1.54, 1.807) is 0 Å². The first-order valence-electron chi connectivity index (χ1n) is 9.41. The predicted octanol–water partition coefficient (Wildman–Crippen LogP) is 4.11. The fourth-order valence-corrected chi connectivity index (χ4v) is 3.53. The van der Waals surface area contributed by atoms with Crippen LogP contribution in [0.15, 0.2) is 42.5 Å². The molecule has 4 rings (SSSR count). The minimum Gasteiger partial charge on any atom is -0.469 e. The Morgan fingerprint density at radius 1 is 0.963 bits per heavy atom. The quantitative estimate of drug-likeness (QED) is 0.810. The first-order valence-corrected chi connectivity index (χ1v) is 9.41. The number of benzene rings is 2. The van der Waals surface area contributed by atoms with Gasteiger partial charge in [-0.2, -0.15) is 0 Å². The number of carbonyl (C=O) groups is 2. The monoisotopic (exact) mass is 365 g/mol. The van der Waals surface area contributed by atoms with E-state index in [9.17, 15) is 9.59 Å². The van der Waals surface area contributed by atoms with Crippen LogP contribution in [0.5, 0.6) is 11.5 Å². The van der Waals surface area contributed by atoms with E-state index in [1.807, 2.05) is 36.4 Å². The normalized spacial score (nSPS) is 18.3. The number of methoxy groups -OCH3 is 1. The van der Waals surface area contributed by atoms with Crippen molar-refractivity contribution >= 4 is 17.6 Å². The Hall–Kier alpha value is -2.82. The van der Waals surface area contributed by atoms with Crippen LogP contribution in [-0.2, 0) is 27.2 Å². The predicted molar refractivity (Wildman–Crippen MR) is 102 cm³/mol. The van der Waals surface area contributed by atoms with Gasteiger partial charge in [-0.1, -0.05) is 12.1 Å². The molecule has 1 saturated carbocycles. The molecule has 0 spiro atoms. The zero-order valence-corrected chi connectivity index (χ0v) is 15.4. The third-order valence-electron chi connectivity index (χ3n) is 5.23. The van der Waals surface area contributed by atoms with Gasteiger partial charge in [0, 0.05) is 17.7 Å². The number of hydrogen-bond donors (Lipinski definition) is 1. The molecular formula is C22H23NO4.